The van der Waals surface area contributed by atoms with Crippen molar-refractivity contribution < 1.29 is 9.52 Å². The molecule has 0 amide bonds. The van der Waals surface area contributed by atoms with Crippen LogP contribution in [-0.2, 0) is 0 Å². The van der Waals surface area contributed by atoms with Gasteiger partial charge in [-0.3, -0.25) is 4.79 Å². The van der Waals surface area contributed by atoms with Crippen LogP contribution in [0.15, 0.2) is 57.7 Å². The van der Waals surface area contributed by atoms with E-state index in [1.54, 1.807) is 18.2 Å². The number of aromatic nitrogens is 2. The first-order chi connectivity index (χ1) is 10.6. The summed E-state index contributed by atoms with van der Waals surface area (Å²) < 4.78 is 6.95. The maximum absolute atomic E-state index is 12.6. The first-order valence-electron chi connectivity index (χ1n) is 6.86. The van der Waals surface area contributed by atoms with Gasteiger partial charge in [-0.2, -0.15) is 4.68 Å². The molecule has 2 heterocycles. The van der Waals surface area contributed by atoms with Gasteiger partial charge < -0.3 is 9.52 Å². The molecule has 5 nitrogen and oxygen atoms in total. The number of hydrogen-bond donors (Lipinski definition) is 1. The minimum atomic E-state index is -0.238. The molecule has 0 spiro atoms. The van der Waals surface area contributed by atoms with Crippen molar-refractivity contribution in [1.29, 1.82) is 0 Å². The molecular formula is C17H12N2O3. The molecule has 0 atom stereocenters. The number of phenols is 1. The van der Waals surface area contributed by atoms with E-state index in [4.69, 9.17) is 4.42 Å². The van der Waals surface area contributed by atoms with Gasteiger partial charge in [-0.25, -0.2) is 0 Å². The van der Waals surface area contributed by atoms with Crippen molar-refractivity contribution in [3.8, 4) is 22.9 Å². The van der Waals surface area contributed by atoms with Crippen LogP contribution in [-0.4, -0.2) is 14.9 Å². The lowest BCUT2D eigenvalue weighted by molar-refractivity contribution is 0.462. The fourth-order valence-corrected chi connectivity index (χ4v) is 2.58. The number of aromatic hydroxyl groups is 1. The van der Waals surface area contributed by atoms with E-state index in [0.717, 1.165) is 5.56 Å². The molecule has 0 unspecified atom stereocenters. The lowest BCUT2D eigenvalue weighted by Crippen LogP contribution is -2.15. The molecule has 0 fully saturated rings. The molecule has 0 aliphatic carbocycles. The average molecular weight is 292 g/mol. The topological polar surface area (TPSA) is 68.3 Å². The molecule has 0 bridgehead atoms. The number of hydrogen-bond acceptors (Lipinski definition) is 4. The van der Waals surface area contributed by atoms with Gasteiger partial charge in [0.25, 0.3) is 5.56 Å². The van der Waals surface area contributed by atoms with Gasteiger partial charge in [0.05, 0.1) is 5.69 Å². The Morgan fingerprint density at radius 1 is 1.14 bits per heavy atom. The largest absolute Gasteiger partial charge is 0.504 e. The zero-order valence-corrected chi connectivity index (χ0v) is 11.8. The Kier molecular flexibility index (Phi) is 2.56. The maximum atomic E-state index is 12.6. The molecule has 5 heteroatoms. The summed E-state index contributed by atoms with van der Waals surface area (Å²) >= 11 is 0. The lowest BCUT2D eigenvalue weighted by Gasteiger charge is -2.02. The van der Waals surface area contributed by atoms with Crippen molar-refractivity contribution in [3.63, 3.8) is 0 Å². The zero-order valence-electron chi connectivity index (χ0n) is 11.8. The van der Waals surface area contributed by atoms with Crippen LogP contribution in [0.5, 0.6) is 5.75 Å². The summed E-state index contributed by atoms with van der Waals surface area (Å²) in [6.07, 6.45) is 0. The summed E-state index contributed by atoms with van der Waals surface area (Å²) in [4.78, 5) is 12.6. The van der Waals surface area contributed by atoms with Crippen LogP contribution < -0.4 is 5.56 Å². The molecule has 0 radical (unpaired) electrons. The Balaban J connectivity index is 2.08. The van der Waals surface area contributed by atoms with Gasteiger partial charge in [-0.15, -0.1) is 5.10 Å². The third-order valence-electron chi connectivity index (χ3n) is 3.71. The fourth-order valence-electron chi connectivity index (χ4n) is 2.58. The predicted octanol–water partition coefficient (Wildman–Crippen LogP) is 3.10. The Labute approximate surface area is 125 Å². The van der Waals surface area contributed by atoms with Gasteiger partial charge in [0.15, 0.2) is 11.3 Å². The molecule has 0 saturated heterocycles. The summed E-state index contributed by atoms with van der Waals surface area (Å²) in [5, 5.41) is 14.8. The molecule has 1 N–H and O–H groups in total. The maximum Gasteiger partial charge on any atom is 0.284 e. The van der Waals surface area contributed by atoms with Crippen LogP contribution in [0, 0.1) is 6.92 Å². The number of para-hydroxylation sites is 2. The molecule has 108 valence electrons. The first kappa shape index (κ1) is 12.6. The highest BCUT2D eigenvalue weighted by molar-refractivity contribution is 5.86. The van der Waals surface area contributed by atoms with E-state index < -0.39 is 0 Å². The van der Waals surface area contributed by atoms with Gasteiger partial charge in [-0.05, 0) is 30.7 Å². The number of rotatable bonds is 1. The molecule has 0 aromatic heterocycles. The van der Waals surface area contributed by atoms with Gasteiger partial charge in [-0.1, -0.05) is 30.3 Å². The van der Waals surface area contributed by atoms with Gasteiger partial charge in [0, 0.05) is 5.39 Å². The Morgan fingerprint density at radius 3 is 2.77 bits per heavy atom. The normalized spacial score (nSPS) is 11.3. The summed E-state index contributed by atoms with van der Waals surface area (Å²) in [7, 11) is 0. The van der Waals surface area contributed by atoms with E-state index in [2.05, 4.69) is 5.10 Å². The minimum Gasteiger partial charge on any atom is -0.504 e. The van der Waals surface area contributed by atoms with Crippen LogP contribution in [0.2, 0.25) is 0 Å². The molecule has 2 aliphatic rings. The number of benzene rings is 2. The first-order valence-corrected chi connectivity index (χ1v) is 6.86. The number of aryl methyl sites for hydroxylation is 1. The molecule has 4 rings (SSSR count). The second kappa shape index (κ2) is 4.46. The van der Waals surface area contributed by atoms with Crippen molar-refractivity contribution >= 4 is 11.0 Å². The van der Waals surface area contributed by atoms with Crippen LogP contribution in [0.1, 0.15) is 5.56 Å². The van der Waals surface area contributed by atoms with Crippen LogP contribution >= 0.6 is 0 Å². The number of phenolic OH excluding ortho intramolecular Hbond substituents is 1. The highest BCUT2D eigenvalue weighted by Crippen LogP contribution is 2.30. The van der Waals surface area contributed by atoms with Gasteiger partial charge >= 0.3 is 0 Å². The van der Waals surface area contributed by atoms with E-state index in [1.165, 1.54) is 10.7 Å². The second-order valence-electron chi connectivity index (χ2n) is 5.16. The van der Waals surface area contributed by atoms with Gasteiger partial charge in [0.2, 0.25) is 5.89 Å². The fraction of sp³-hybridized carbons (Fsp3) is 0.0588. The van der Waals surface area contributed by atoms with Crippen LogP contribution in [0.25, 0.3) is 28.1 Å². The SMILES string of the molecule is Cc1ccccc1-n1nc2oc3c(O)cccc3cc-2c1=O. The van der Waals surface area contributed by atoms with Crippen molar-refractivity contribution in [2.24, 2.45) is 0 Å². The van der Waals surface area contributed by atoms with Crippen molar-refractivity contribution in [2.45, 2.75) is 6.92 Å². The molecule has 2 aliphatic heterocycles. The highest BCUT2D eigenvalue weighted by atomic mass is 16.4. The van der Waals surface area contributed by atoms with E-state index >= 15 is 0 Å². The van der Waals surface area contributed by atoms with E-state index in [0.29, 0.717) is 22.2 Å². The number of fused-ring (bicyclic) bond motifs is 2. The molecule has 2 aromatic carbocycles. The minimum absolute atomic E-state index is 0.0253. The van der Waals surface area contributed by atoms with E-state index in [-0.39, 0.29) is 17.2 Å². The molecule has 22 heavy (non-hydrogen) atoms. The van der Waals surface area contributed by atoms with Crippen molar-refractivity contribution in [2.75, 3.05) is 0 Å². The third kappa shape index (κ3) is 1.72. The highest BCUT2D eigenvalue weighted by Gasteiger charge is 2.20. The Bertz CT molecular complexity index is 1030. The summed E-state index contributed by atoms with van der Waals surface area (Å²) in [6, 6.07) is 14.2. The van der Waals surface area contributed by atoms with E-state index in [1.807, 2.05) is 31.2 Å². The molecule has 2 aromatic rings. The standard InChI is InChI=1S/C17H12N2O3/c1-10-5-2-3-7-13(10)19-17(21)12-9-11-6-4-8-14(20)15(11)22-16(12)18-19/h2-9,20H,1H3. The molecular weight excluding hydrogens is 280 g/mol. The van der Waals surface area contributed by atoms with E-state index in [9.17, 15) is 9.90 Å². The summed E-state index contributed by atoms with van der Waals surface area (Å²) in [5.74, 6) is 0.236. The second-order valence-corrected chi connectivity index (χ2v) is 5.16. The predicted molar refractivity (Wildman–Crippen MR) is 82.6 cm³/mol. The monoisotopic (exact) mass is 292 g/mol. The smallest absolute Gasteiger partial charge is 0.284 e. The third-order valence-corrected chi connectivity index (χ3v) is 3.71. The number of nitrogens with zero attached hydrogens (tertiary/aromatic N) is 2. The Hall–Kier alpha value is -3.08. The van der Waals surface area contributed by atoms with Crippen LogP contribution in [0.4, 0.5) is 0 Å². The quantitative estimate of drug-likeness (QED) is 0.585. The summed E-state index contributed by atoms with van der Waals surface area (Å²) in [5.41, 5.74) is 2.14. The Morgan fingerprint density at radius 2 is 1.95 bits per heavy atom. The van der Waals surface area contributed by atoms with Crippen LogP contribution in [0.3, 0.4) is 0 Å². The van der Waals surface area contributed by atoms with Crippen molar-refractivity contribution in [3.05, 3.63) is 64.4 Å². The molecule has 0 saturated carbocycles. The average Bonchev–Trinajstić information content (AvgIpc) is 2.83. The van der Waals surface area contributed by atoms with Crippen molar-refractivity contribution in [1.82, 2.24) is 9.78 Å². The zero-order chi connectivity index (χ0) is 15.3. The lowest BCUT2D eigenvalue weighted by atomic mass is 10.1. The van der Waals surface area contributed by atoms with Gasteiger partial charge in [0.1, 0.15) is 5.56 Å². The summed E-state index contributed by atoms with van der Waals surface area (Å²) in [6.45, 7) is 1.92.